The zero-order valence-electron chi connectivity index (χ0n) is 12.1. The Balaban J connectivity index is 2.51. The molecule has 8 heteroatoms. The van der Waals surface area contributed by atoms with E-state index < -0.39 is 30.1 Å². The van der Waals surface area contributed by atoms with E-state index in [4.69, 9.17) is 5.11 Å². The number of carbonyl (C=O) groups excluding carboxylic acids is 1. The van der Waals surface area contributed by atoms with Crippen molar-refractivity contribution in [3.8, 4) is 0 Å². The molecule has 1 rings (SSSR count). The van der Waals surface area contributed by atoms with E-state index in [1.165, 1.54) is 4.90 Å². The Hall–Kier alpha value is -1.47. The number of carbonyl (C=O) groups is 2. The van der Waals surface area contributed by atoms with E-state index >= 15 is 0 Å². The van der Waals surface area contributed by atoms with Gasteiger partial charge in [0.25, 0.3) is 0 Å². The molecule has 1 heterocycles. The number of nitrogens with one attached hydrogen (secondary N) is 1. The van der Waals surface area contributed by atoms with Gasteiger partial charge in [-0.1, -0.05) is 13.8 Å². The van der Waals surface area contributed by atoms with Crippen molar-refractivity contribution < 1.29 is 27.9 Å². The smallest absolute Gasteiger partial charge is 0.391 e. The van der Waals surface area contributed by atoms with Crippen molar-refractivity contribution >= 4 is 12.0 Å². The molecule has 2 N–H and O–H groups in total. The molecule has 21 heavy (non-hydrogen) atoms. The lowest BCUT2D eigenvalue weighted by Crippen LogP contribution is -2.51. The predicted molar refractivity (Wildman–Crippen MR) is 69.8 cm³/mol. The molecule has 122 valence electrons. The molecule has 0 saturated carbocycles. The SMILES string of the molecule is CC(C)C[C@H](NC(=O)N1CCC(C(F)(F)F)CC1)C(=O)O. The highest BCUT2D eigenvalue weighted by Gasteiger charge is 2.41. The van der Waals surface area contributed by atoms with Crippen LogP contribution in [0.15, 0.2) is 0 Å². The summed E-state index contributed by atoms with van der Waals surface area (Å²) in [5.41, 5.74) is 0. The fourth-order valence-electron chi connectivity index (χ4n) is 2.34. The molecular weight excluding hydrogens is 289 g/mol. The van der Waals surface area contributed by atoms with Crippen LogP contribution in [0.3, 0.4) is 0 Å². The second-order valence-corrected chi connectivity index (χ2v) is 5.77. The van der Waals surface area contributed by atoms with Gasteiger partial charge in [0, 0.05) is 13.1 Å². The summed E-state index contributed by atoms with van der Waals surface area (Å²) in [5.74, 6) is -2.43. The monoisotopic (exact) mass is 310 g/mol. The number of hydrogen-bond donors (Lipinski definition) is 2. The average Bonchev–Trinajstić information content (AvgIpc) is 2.36. The second-order valence-electron chi connectivity index (χ2n) is 5.77. The van der Waals surface area contributed by atoms with Gasteiger partial charge in [0.2, 0.25) is 0 Å². The molecule has 1 aliphatic heterocycles. The molecule has 1 fully saturated rings. The van der Waals surface area contributed by atoms with Crippen LogP contribution in [0.5, 0.6) is 0 Å². The molecule has 0 aromatic carbocycles. The van der Waals surface area contributed by atoms with Crippen LogP contribution in [0, 0.1) is 11.8 Å². The maximum Gasteiger partial charge on any atom is 0.391 e. The van der Waals surface area contributed by atoms with E-state index in [1.54, 1.807) is 0 Å². The highest BCUT2D eigenvalue weighted by molar-refractivity contribution is 5.82. The van der Waals surface area contributed by atoms with Crippen LogP contribution in [-0.2, 0) is 4.79 Å². The summed E-state index contributed by atoms with van der Waals surface area (Å²) in [6.07, 6.45) is -4.23. The van der Waals surface area contributed by atoms with Crippen LogP contribution in [0.25, 0.3) is 0 Å². The number of amides is 2. The van der Waals surface area contributed by atoms with Gasteiger partial charge in [-0.05, 0) is 25.2 Å². The quantitative estimate of drug-likeness (QED) is 0.838. The molecule has 0 bridgehead atoms. The van der Waals surface area contributed by atoms with Crippen LogP contribution in [0.1, 0.15) is 33.1 Å². The zero-order chi connectivity index (χ0) is 16.2. The van der Waals surface area contributed by atoms with Crippen molar-refractivity contribution in [2.45, 2.75) is 45.3 Å². The van der Waals surface area contributed by atoms with Crippen LogP contribution in [-0.4, -0.2) is 47.3 Å². The van der Waals surface area contributed by atoms with Crippen LogP contribution in [0.4, 0.5) is 18.0 Å². The number of carboxylic acid groups (broad SMARTS) is 1. The van der Waals surface area contributed by atoms with Crippen LogP contribution >= 0.6 is 0 Å². The van der Waals surface area contributed by atoms with Crippen molar-refractivity contribution in [2.24, 2.45) is 11.8 Å². The summed E-state index contributed by atoms with van der Waals surface area (Å²) in [6.45, 7) is 3.64. The Labute approximate surface area is 121 Å². The van der Waals surface area contributed by atoms with Gasteiger partial charge < -0.3 is 15.3 Å². The van der Waals surface area contributed by atoms with Crippen molar-refractivity contribution in [3.63, 3.8) is 0 Å². The first kappa shape index (κ1) is 17.6. The largest absolute Gasteiger partial charge is 0.480 e. The van der Waals surface area contributed by atoms with Crippen LogP contribution in [0.2, 0.25) is 0 Å². The van der Waals surface area contributed by atoms with E-state index in [1.807, 2.05) is 13.8 Å². The van der Waals surface area contributed by atoms with Crippen molar-refractivity contribution in [2.75, 3.05) is 13.1 Å². The van der Waals surface area contributed by atoms with Crippen molar-refractivity contribution in [1.82, 2.24) is 10.2 Å². The molecule has 0 spiro atoms. The van der Waals surface area contributed by atoms with Crippen LogP contribution < -0.4 is 5.32 Å². The highest BCUT2D eigenvalue weighted by atomic mass is 19.4. The number of nitrogens with zero attached hydrogens (tertiary/aromatic N) is 1. The molecular formula is C13H21F3N2O3. The number of carboxylic acids is 1. The Morgan fingerprint density at radius 3 is 2.19 bits per heavy atom. The first-order valence-corrected chi connectivity index (χ1v) is 6.96. The summed E-state index contributed by atoms with van der Waals surface area (Å²) in [7, 11) is 0. The van der Waals surface area contributed by atoms with Crippen molar-refractivity contribution in [1.29, 1.82) is 0 Å². The van der Waals surface area contributed by atoms with Gasteiger partial charge in [-0.3, -0.25) is 0 Å². The Morgan fingerprint density at radius 2 is 1.81 bits per heavy atom. The van der Waals surface area contributed by atoms with E-state index in [0.717, 1.165) is 0 Å². The lowest BCUT2D eigenvalue weighted by molar-refractivity contribution is -0.183. The minimum Gasteiger partial charge on any atom is -0.480 e. The molecule has 0 aliphatic carbocycles. The fourth-order valence-corrected chi connectivity index (χ4v) is 2.34. The minimum absolute atomic E-state index is 0.00989. The Kier molecular flexibility index (Phi) is 5.86. The molecule has 1 aliphatic rings. The molecule has 0 aromatic rings. The number of urea groups is 1. The van der Waals surface area contributed by atoms with Gasteiger partial charge in [-0.2, -0.15) is 13.2 Å². The third kappa shape index (κ3) is 5.43. The minimum atomic E-state index is -4.23. The number of hydrogen-bond acceptors (Lipinski definition) is 2. The fraction of sp³-hybridized carbons (Fsp3) is 0.846. The first-order valence-electron chi connectivity index (χ1n) is 6.96. The van der Waals surface area contributed by atoms with E-state index in [2.05, 4.69) is 5.32 Å². The summed E-state index contributed by atoms with van der Waals surface area (Å²) in [6, 6.07) is -1.62. The summed E-state index contributed by atoms with van der Waals surface area (Å²) >= 11 is 0. The Morgan fingerprint density at radius 1 is 1.29 bits per heavy atom. The molecule has 1 saturated heterocycles. The van der Waals surface area contributed by atoms with Gasteiger partial charge >= 0.3 is 18.2 Å². The summed E-state index contributed by atoms with van der Waals surface area (Å²) < 4.78 is 37.6. The lowest BCUT2D eigenvalue weighted by Gasteiger charge is -2.33. The van der Waals surface area contributed by atoms with E-state index in [0.29, 0.717) is 0 Å². The topological polar surface area (TPSA) is 69.6 Å². The van der Waals surface area contributed by atoms with Gasteiger partial charge in [0.15, 0.2) is 0 Å². The normalized spacial score (nSPS) is 18.7. The number of alkyl halides is 3. The number of likely N-dealkylation sites (tertiary alicyclic amines) is 1. The number of rotatable bonds is 4. The van der Waals surface area contributed by atoms with Gasteiger partial charge in [0.1, 0.15) is 6.04 Å². The number of halogens is 3. The third-order valence-electron chi connectivity index (χ3n) is 3.55. The lowest BCUT2D eigenvalue weighted by atomic mass is 9.96. The summed E-state index contributed by atoms with van der Waals surface area (Å²) in [4.78, 5) is 24.2. The molecule has 1 atom stereocenters. The molecule has 5 nitrogen and oxygen atoms in total. The molecule has 0 unspecified atom stereocenters. The number of aliphatic carboxylic acids is 1. The third-order valence-corrected chi connectivity index (χ3v) is 3.55. The van der Waals surface area contributed by atoms with Crippen molar-refractivity contribution in [3.05, 3.63) is 0 Å². The van der Waals surface area contributed by atoms with Gasteiger partial charge in [-0.15, -0.1) is 0 Å². The van der Waals surface area contributed by atoms with E-state index in [-0.39, 0.29) is 38.3 Å². The van der Waals surface area contributed by atoms with Gasteiger partial charge in [0.05, 0.1) is 5.92 Å². The van der Waals surface area contributed by atoms with E-state index in [9.17, 15) is 22.8 Å². The highest BCUT2D eigenvalue weighted by Crippen LogP contribution is 2.34. The zero-order valence-corrected chi connectivity index (χ0v) is 12.1. The predicted octanol–water partition coefficient (Wildman–Crippen LogP) is 2.47. The van der Waals surface area contributed by atoms with Gasteiger partial charge in [-0.25, -0.2) is 9.59 Å². The first-order chi connectivity index (χ1) is 9.61. The second kappa shape index (κ2) is 7.00. The molecule has 0 aromatic heterocycles. The maximum atomic E-state index is 12.5. The Bertz CT molecular complexity index is 377. The standard InChI is InChI=1S/C13H21F3N2O3/c1-8(2)7-10(11(19)20)17-12(21)18-5-3-9(4-6-18)13(14,15)16/h8-10H,3-7H2,1-2H3,(H,17,21)(H,19,20)/t10-/m0/s1. The summed E-state index contributed by atoms with van der Waals surface area (Å²) in [5, 5.41) is 11.4. The molecule has 0 radical (unpaired) electrons. The molecule has 2 amide bonds. The maximum absolute atomic E-state index is 12.5. The number of piperidine rings is 1. The average molecular weight is 310 g/mol.